The van der Waals surface area contributed by atoms with Crippen LogP contribution in [0.1, 0.15) is 54.7 Å². The molecule has 11 heteroatoms. The molecule has 1 saturated carbocycles. The monoisotopic (exact) mass is 592 g/mol. The zero-order valence-corrected chi connectivity index (χ0v) is 23.1. The van der Waals surface area contributed by atoms with Crippen molar-refractivity contribution in [3.8, 4) is 5.75 Å². The number of carbonyl (C=O) groups is 3. The maximum atomic E-state index is 13.8. The molecule has 3 atom stereocenters. The Morgan fingerprint density at radius 3 is 2.30 bits per heavy atom. The highest BCUT2D eigenvalue weighted by Crippen LogP contribution is 2.37. The fourth-order valence-corrected chi connectivity index (χ4v) is 5.16. The molecule has 2 aliphatic rings. The average molecular weight is 593 g/mol. The molecule has 1 heterocycles. The van der Waals surface area contributed by atoms with Crippen LogP contribution in [0.2, 0.25) is 0 Å². The van der Waals surface area contributed by atoms with Gasteiger partial charge in [-0.3, -0.25) is 14.4 Å². The van der Waals surface area contributed by atoms with Crippen LogP contribution in [-0.4, -0.2) is 41.9 Å². The van der Waals surface area contributed by atoms with Crippen LogP contribution in [0.15, 0.2) is 83.9 Å². The molecule has 1 aliphatic carbocycles. The third kappa shape index (κ3) is 7.40. The summed E-state index contributed by atoms with van der Waals surface area (Å²) < 4.78 is 45.2. The Balaban J connectivity index is 1.50. The van der Waals surface area contributed by atoms with E-state index in [1.54, 1.807) is 48.5 Å². The fraction of sp³-hybridized carbons (Fsp3) is 0.312. The van der Waals surface area contributed by atoms with Gasteiger partial charge < -0.3 is 21.1 Å². The van der Waals surface area contributed by atoms with Crippen LogP contribution in [0.3, 0.4) is 0 Å². The summed E-state index contributed by atoms with van der Waals surface area (Å²) in [7, 11) is 0. The van der Waals surface area contributed by atoms with Crippen molar-refractivity contribution < 1.29 is 32.3 Å². The first-order valence-electron chi connectivity index (χ1n) is 14.1. The number of ether oxygens (including phenoxy) is 1. The van der Waals surface area contributed by atoms with E-state index in [4.69, 9.17) is 10.5 Å². The van der Waals surface area contributed by atoms with Crippen molar-refractivity contribution in [3.63, 3.8) is 0 Å². The number of fused-ring (bicyclic) bond motifs is 1. The topological polar surface area (TPSA) is 123 Å². The number of alkyl halides is 3. The van der Waals surface area contributed by atoms with Crippen LogP contribution in [0.25, 0.3) is 0 Å². The van der Waals surface area contributed by atoms with Gasteiger partial charge in [0.1, 0.15) is 5.75 Å². The number of hydrogen-bond acceptors (Lipinski definition) is 5. The van der Waals surface area contributed by atoms with Gasteiger partial charge in [0.2, 0.25) is 18.0 Å². The first-order chi connectivity index (χ1) is 20.6. The maximum absolute atomic E-state index is 13.8. The van der Waals surface area contributed by atoms with E-state index in [9.17, 15) is 27.6 Å². The van der Waals surface area contributed by atoms with Gasteiger partial charge in [-0.15, -0.1) is 0 Å². The van der Waals surface area contributed by atoms with Gasteiger partial charge in [0, 0.05) is 17.5 Å². The quantitative estimate of drug-likeness (QED) is 0.288. The fourth-order valence-electron chi connectivity index (χ4n) is 5.16. The summed E-state index contributed by atoms with van der Waals surface area (Å²) in [5.41, 5.74) is 8.15. The molecule has 3 aromatic carbocycles. The number of carbonyl (C=O) groups excluding carboxylic acids is 3. The Kier molecular flexibility index (Phi) is 8.79. The van der Waals surface area contributed by atoms with E-state index >= 15 is 0 Å². The molecule has 0 radical (unpaired) electrons. The Bertz CT molecular complexity index is 1510. The molecule has 43 heavy (non-hydrogen) atoms. The number of nitrogens with one attached hydrogen (secondary N) is 2. The first-order valence-corrected chi connectivity index (χ1v) is 14.1. The molecule has 0 saturated heterocycles. The molecule has 0 spiro atoms. The summed E-state index contributed by atoms with van der Waals surface area (Å²) in [6.07, 6.45) is -5.92. The SMILES string of the molecule is NC(=O)[C@@H](c1ccccc1)[C@@H](CCCC(F)(F)F)C(=O)N[C@H]1N=C(c2ccccc2)c2cccc(OC3CC3)c2NC1=O. The highest BCUT2D eigenvalue weighted by atomic mass is 19.4. The lowest BCUT2D eigenvalue weighted by Crippen LogP contribution is -2.47. The number of hydrogen-bond donors (Lipinski definition) is 3. The number of nitrogens with zero attached hydrogens (tertiary/aromatic N) is 1. The summed E-state index contributed by atoms with van der Waals surface area (Å²) in [5.74, 6) is -4.40. The molecule has 4 N–H and O–H groups in total. The lowest BCUT2D eigenvalue weighted by molar-refractivity contribution is -0.139. The largest absolute Gasteiger partial charge is 0.488 e. The van der Waals surface area contributed by atoms with Gasteiger partial charge in [0.15, 0.2) is 0 Å². The van der Waals surface area contributed by atoms with E-state index in [2.05, 4.69) is 15.6 Å². The number of nitrogens with two attached hydrogens (primary N) is 1. The van der Waals surface area contributed by atoms with E-state index in [1.165, 1.54) is 0 Å². The third-order valence-corrected chi connectivity index (χ3v) is 7.36. The number of aliphatic imine (C=N–C) groups is 1. The van der Waals surface area contributed by atoms with Crippen molar-refractivity contribution in [2.75, 3.05) is 5.32 Å². The molecule has 0 bridgehead atoms. The van der Waals surface area contributed by atoms with Gasteiger partial charge in [0.25, 0.3) is 5.91 Å². The molecule has 8 nitrogen and oxygen atoms in total. The van der Waals surface area contributed by atoms with E-state index < -0.39 is 54.7 Å². The lowest BCUT2D eigenvalue weighted by Gasteiger charge is -2.26. The van der Waals surface area contributed by atoms with Crippen molar-refractivity contribution in [2.24, 2.45) is 16.6 Å². The minimum Gasteiger partial charge on any atom is -0.488 e. The Labute approximate surface area is 246 Å². The van der Waals surface area contributed by atoms with Crippen molar-refractivity contribution in [1.82, 2.24) is 5.32 Å². The van der Waals surface area contributed by atoms with Crippen molar-refractivity contribution >= 4 is 29.1 Å². The number of rotatable bonds is 11. The zero-order chi connectivity index (χ0) is 30.6. The second kappa shape index (κ2) is 12.7. The van der Waals surface area contributed by atoms with Crippen molar-refractivity contribution in [3.05, 3.63) is 95.6 Å². The molecule has 3 amide bonds. The highest BCUT2D eigenvalue weighted by molar-refractivity contribution is 6.20. The highest BCUT2D eigenvalue weighted by Gasteiger charge is 2.38. The summed E-state index contributed by atoms with van der Waals surface area (Å²) in [6, 6.07) is 22.5. The predicted molar refractivity (Wildman–Crippen MR) is 155 cm³/mol. The summed E-state index contributed by atoms with van der Waals surface area (Å²) in [4.78, 5) is 44.6. The van der Waals surface area contributed by atoms with Crippen LogP contribution in [0, 0.1) is 5.92 Å². The van der Waals surface area contributed by atoms with Crippen LogP contribution in [0.4, 0.5) is 18.9 Å². The minimum absolute atomic E-state index is 0.0421. The predicted octanol–water partition coefficient (Wildman–Crippen LogP) is 5.08. The Morgan fingerprint density at radius 2 is 1.67 bits per heavy atom. The lowest BCUT2D eigenvalue weighted by atomic mass is 9.81. The van der Waals surface area contributed by atoms with E-state index in [-0.39, 0.29) is 12.5 Å². The Morgan fingerprint density at radius 1 is 1.00 bits per heavy atom. The number of anilines is 1. The van der Waals surface area contributed by atoms with E-state index in [0.29, 0.717) is 33.8 Å². The van der Waals surface area contributed by atoms with Crippen molar-refractivity contribution in [2.45, 2.75) is 56.5 Å². The standard InChI is InChI=1S/C32H31F3N4O4/c33-32(34,35)18-8-14-22(25(28(36)40)19-9-3-1-4-10-19)30(41)39-29-31(42)38-27-23(13-7-15-24(27)43-21-16-17-21)26(37-29)20-11-5-2-6-12-20/h1-7,9-13,15,21-22,25,29H,8,14,16-18H2,(H2,36,40)(H,38,42)(H,39,41)/t22-,25+,29-/m1/s1. The van der Waals surface area contributed by atoms with Crippen LogP contribution >= 0.6 is 0 Å². The van der Waals surface area contributed by atoms with Crippen LogP contribution in [-0.2, 0) is 14.4 Å². The van der Waals surface area contributed by atoms with Gasteiger partial charge in [-0.25, -0.2) is 4.99 Å². The van der Waals surface area contributed by atoms with Crippen LogP contribution < -0.4 is 21.1 Å². The van der Waals surface area contributed by atoms with Crippen LogP contribution in [0.5, 0.6) is 5.75 Å². The number of primary amides is 1. The second-order valence-corrected chi connectivity index (χ2v) is 10.6. The molecular weight excluding hydrogens is 561 g/mol. The van der Waals surface area contributed by atoms with Gasteiger partial charge >= 0.3 is 6.18 Å². The van der Waals surface area contributed by atoms with E-state index in [1.807, 2.05) is 30.3 Å². The average Bonchev–Trinajstić information content (AvgIpc) is 3.81. The normalized spacial score (nSPS) is 17.9. The number of amides is 3. The number of benzodiazepines with no additional fused rings is 1. The van der Waals surface area contributed by atoms with Crippen molar-refractivity contribution in [1.29, 1.82) is 0 Å². The zero-order valence-electron chi connectivity index (χ0n) is 23.1. The van der Waals surface area contributed by atoms with Gasteiger partial charge in [-0.2, -0.15) is 13.2 Å². The van der Waals surface area contributed by atoms with Gasteiger partial charge in [-0.1, -0.05) is 72.8 Å². The Hall–Kier alpha value is -4.67. The van der Waals surface area contributed by atoms with Gasteiger partial charge in [0.05, 0.1) is 29.3 Å². The summed E-state index contributed by atoms with van der Waals surface area (Å²) in [5, 5.41) is 5.43. The first kappa shape index (κ1) is 29.8. The molecule has 1 fully saturated rings. The minimum atomic E-state index is -4.45. The summed E-state index contributed by atoms with van der Waals surface area (Å²) >= 11 is 0. The van der Waals surface area contributed by atoms with Gasteiger partial charge in [-0.05, 0) is 37.3 Å². The second-order valence-electron chi connectivity index (χ2n) is 10.6. The van der Waals surface area contributed by atoms with E-state index in [0.717, 1.165) is 12.8 Å². The third-order valence-electron chi connectivity index (χ3n) is 7.36. The number of halogens is 3. The molecule has 3 aromatic rings. The molecule has 1 aliphatic heterocycles. The molecule has 0 unspecified atom stereocenters. The molecule has 5 rings (SSSR count). The number of para-hydroxylation sites is 1. The molecule has 0 aromatic heterocycles. The molecular formula is C32H31F3N4O4. The summed E-state index contributed by atoms with van der Waals surface area (Å²) in [6.45, 7) is 0. The molecule has 224 valence electrons. The smallest absolute Gasteiger partial charge is 0.389 e. The maximum Gasteiger partial charge on any atom is 0.389 e. The number of benzene rings is 3.